The summed E-state index contributed by atoms with van der Waals surface area (Å²) in [5.74, 6) is -1.67. The third-order valence-corrected chi connectivity index (χ3v) is 20.8. The first-order valence-electron chi connectivity index (χ1n) is 45.2. The number of ether oxygens (including phenoxy) is 8. The number of rotatable bonds is 44. The molecule has 8 aromatic heterocycles. The van der Waals surface area contributed by atoms with Gasteiger partial charge in [-0.3, -0.25) is 18.9 Å². The van der Waals surface area contributed by atoms with Crippen LogP contribution in [0.4, 0.5) is 23.3 Å². The Balaban J connectivity index is 0.000000214. The van der Waals surface area contributed by atoms with Crippen LogP contribution < -0.4 is 75.7 Å². The van der Waals surface area contributed by atoms with Crippen LogP contribution in [-0.2, 0) is 40.8 Å². The first-order chi connectivity index (χ1) is 67.1. The fourth-order valence-corrected chi connectivity index (χ4v) is 13.8. The predicted octanol–water partition coefficient (Wildman–Crippen LogP) is 12.5. The molecule has 12 rings (SSSR count). The van der Waals surface area contributed by atoms with Gasteiger partial charge in [0.25, 0.3) is 40.8 Å². The second kappa shape index (κ2) is 51.0. The zero-order valence-corrected chi connectivity index (χ0v) is 78.3. The molecule has 8 N–H and O–H groups in total. The molecule has 680 valence electrons. The fourth-order valence-electron chi connectivity index (χ4n) is 9.52. The van der Waals surface area contributed by atoms with Crippen molar-refractivity contribution in [3.8, 4) is 92.1 Å². The van der Waals surface area contributed by atoms with E-state index in [9.17, 15) is 33.7 Å². The number of benzene rings is 4. The van der Waals surface area contributed by atoms with Crippen LogP contribution in [0, 0.1) is 27.7 Å². The van der Waals surface area contributed by atoms with Crippen molar-refractivity contribution in [1.29, 1.82) is 0 Å². The van der Waals surface area contributed by atoms with Gasteiger partial charge in [0.15, 0.2) is 23.3 Å². The maximum Gasteiger partial charge on any atom is 0.316 e. The van der Waals surface area contributed by atoms with E-state index in [0.29, 0.717) is 33.1 Å². The van der Waals surface area contributed by atoms with Gasteiger partial charge in [-0.25, -0.2) is 79.7 Å². The predicted molar refractivity (Wildman–Crippen MR) is 495 cm³/mol. The summed E-state index contributed by atoms with van der Waals surface area (Å²) in [5, 5.41) is 0. The van der Waals surface area contributed by atoms with Gasteiger partial charge in [0.2, 0.25) is 23.5 Å². The molecular formula is C80H92Br4N24O16S4. The maximum atomic E-state index is 12.7. The Bertz CT molecular complexity index is 6810. The van der Waals surface area contributed by atoms with E-state index in [1.165, 1.54) is 63.4 Å². The second-order valence-electron chi connectivity index (χ2n) is 25.0. The third-order valence-electron chi connectivity index (χ3n) is 15.1. The Kier molecular flexibility index (Phi) is 31.4. The highest BCUT2D eigenvalue weighted by atomic mass is 79.9. The summed E-state index contributed by atoms with van der Waals surface area (Å²) in [7, 11) is -17.5. The zero-order valence-electron chi connectivity index (χ0n) is 84.7. The lowest BCUT2D eigenvalue weighted by atomic mass is 10.1. The standard InChI is InChI=1S/4C20H23BrN6O4S/c4*1-3-8-26-32(28,29)27-18-17(15-4-6-16(21)7-5-15)19(25-13-24-18)30-9-10-31-20-22-11-14(2)12-23-20/h4*4-7,11-13,26H,3,8-10H2,1-2H3,(H,24,25,27)/i3D2,8D2,9D2;8D2,10D2;8D2,9D2;10D2. The largest absolute Gasteiger partial charge is 0.473 e. The van der Waals surface area contributed by atoms with E-state index < -0.39 is 119 Å². The quantitative estimate of drug-likeness (QED) is 0.0176. The van der Waals surface area contributed by atoms with Crippen molar-refractivity contribution in [1.82, 2.24) is 98.6 Å². The van der Waals surface area contributed by atoms with E-state index in [0.717, 1.165) is 67.9 Å². The highest BCUT2D eigenvalue weighted by Crippen LogP contribution is 2.39. The summed E-state index contributed by atoms with van der Waals surface area (Å²) in [4.78, 5) is 63.6. The molecule has 4 aromatic carbocycles. The molecule has 0 saturated carbocycles. The third kappa shape index (κ3) is 34.0. The van der Waals surface area contributed by atoms with Crippen LogP contribution in [0.3, 0.4) is 0 Å². The topological polar surface area (TPSA) is 513 Å². The number of nitrogens with zero attached hydrogens (tertiary/aromatic N) is 16. The molecule has 48 heteroatoms. The van der Waals surface area contributed by atoms with E-state index in [1.54, 1.807) is 129 Å². The van der Waals surface area contributed by atoms with Crippen molar-refractivity contribution in [2.75, 3.05) is 97.6 Å². The Labute approximate surface area is 797 Å². The minimum Gasteiger partial charge on any atom is -0.473 e. The van der Waals surface area contributed by atoms with Crippen LogP contribution in [0.5, 0.6) is 47.6 Å². The molecule has 8 heterocycles. The van der Waals surface area contributed by atoms with Crippen molar-refractivity contribution >= 4 is 128 Å². The molecule has 0 saturated heterocycles. The lowest BCUT2D eigenvalue weighted by molar-refractivity contribution is 0.202. The maximum absolute atomic E-state index is 12.7. The number of hydrogen-bond donors (Lipinski definition) is 8. The van der Waals surface area contributed by atoms with Gasteiger partial charge in [0.05, 0.1) is 33.2 Å². The van der Waals surface area contributed by atoms with Crippen molar-refractivity contribution in [3.63, 3.8) is 0 Å². The molecule has 0 fully saturated rings. The first kappa shape index (κ1) is 78.9. The minimum atomic E-state index is -4.73. The van der Waals surface area contributed by atoms with E-state index in [4.69, 9.17) is 59.8 Å². The summed E-state index contributed by atoms with van der Waals surface area (Å²) >= 11 is 13.3. The number of hydrogen-bond acceptors (Lipinski definition) is 32. The van der Waals surface area contributed by atoms with Crippen molar-refractivity contribution < 1.29 is 93.5 Å². The molecule has 0 aliphatic heterocycles. The smallest absolute Gasteiger partial charge is 0.316 e. The second-order valence-corrected chi connectivity index (χ2v) is 34.4. The SMILES string of the molecule is [2H]C([2H])(CC)NS(=O)(=O)Nc1ncnc(OC([2H])([2H])COc2ncc(C)cn2)c1-c1ccc(Br)cc1.[2H]C([2H])(CC)NS(=O)(=O)Nc1ncnc(OCC([2H])([2H])Oc2ncc(C)cn2)c1-c1ccc(Br)cc1.[2H]C([2H])(COc1ncc(C)cn1)Oc1ncnc(NS(=O)(=O)NC([2H])([2H])C([2H])([2H])C)c1-c1ccc(Br)cc1.[2H]C([2H])(COc1ncnc(NS(=O)(=O)NCCC)c1-c1ccc(Br)cc1)Oc1ncc(C)cn1. The van der Waals surface area contributed by atoms with Crippen LogP contribution in [0.15, 0.2) is 190 Å². The lowest BCUT2D eigenvalue weighted by Gasteiger charge is -2.15. The van der Waals surface area contributed by atoms with Gasteiger partial charge in [-0.05, 0) is 146 Å². The highest BCUT2D eigenvalue weighted by molar-refractivity contribution is 9.11. The van der Waals surface area contributed by atoms with E-state index in [-0.39, 0.29) is 112 Å². The van der Waals surface area contributed by atoms with Crippen LogP contribution in [0.25, 0.3) is 44.5 Å². The highest BCUT2D eigenvalue weighted by Gasteiger charge is 2.26. The van der Waals surface area contributed by atoms with Gasteiger partial charge in [-0.1, -0.05) is 140 Å². The summed E-state index contributed by atoms with van der Waals surface area (Å²) in [5.41, 5.74) is 5.20. The molecule has 0 bridgehead atoms. The number of halogens is 4. The van der Waals surface area contributed by atoms with Crippen molar-refractivity contribution in [2.45, 2.75) is 81.0 Å². The molecule has 0 atom stereocenters. The Morgan fingerprint density at radius 3 is 0.781 bits per heavy atom. The van der Waals surface area contributed by atoms with Gasteiger partial charge in [0, 0.05) is 104 Å². The van der Waals surface area contributed by atoms with E-state index >= 15 is 0 Å². The molecule has 0 spiro atoms. The number of nitrogens with one attached hydrogen (secondary N) is 8. The minimum absolute atomic E-state index is 0.0285. The average molecular weight is 2110 g/mol. The van der Waals surface area contributed by atoms with Crippen LogP contribution in [-0.4, -0.2) is 192 Å². The number of aryl methyl sites for hydroxylation is 4. The van der Waals surface area contributed by atoms with Crippen LogP contribution in [0.1, 0.15) is 97.5 Å². The molecule has 0 aliphatic rings. The number of anilines is 4. The summed E-state index contributed by atoms with van der Waals surface area (Å²) in [6.07, 6.45) is 13.9. The molecular weight excluding hydrogens is 2000 g/mol. The van der Waals surface area contributed by atoms with Gasteiger partial charge in [-0.15, -0.1) is 0 Å². The van der Waals surface area contributed by atoms with Crippen molar-refractivity contribution in [3.05, 3.63) is 212 Å². The fraction of sp³-hybridized carbons (Fsp3) is 0.300. The van der Waals surface area contributed by atoms with Gasteiger partial charge < -0.3 is 37.9 Å². The van der Waals surface area contributed by atoms with Gasteiger partial charge in [0.1, 0.15) is 78.0 Å². The Morgan fingerprint density at radius 2 is 0.523 bits per heavy atom. The molecule has 40 nitrogen and oxygen atoms in total. The lowest BCUT2D eigenvalue weighted by Crippen LogP contribution is -2.31. The van der Waals surface area contributed by atoms with Gasteiger partial charge in [-0.2, -0.15) is 52.6 Å². The normalized spacial score (nSPS) is 14.0. The zero-order chi connectivity index (χ0) is 106. The van der Waals surface area contributed by atoms with E-state index in [2.05, 4.69) is 167 Å². The summed E-state index contributed by atoms with van der Waals surface area (Å²) in [6.45, 7) is -6.35. The van der Waals surface area contributed by atoms with E-state index in [1.807, 2.05) is 16.4 Å². The van der Waals surface area contributed by atoms with Crippen LogP contribution in [0.2, 0.25) is 0 Å². The monoisotopic (exact) mass is 2100 g/mol. The summed E-state index contributed by atoms with van der Waals surface area (Å²) in [6, 6.07) is 26.2. The van der Waals surface area contributed by atoms with Crippen molar-refractivity contribution in [2.24, 2.45) is 0 Å². The first-order valence-corrected chi connectivity index (χ1v) is 46.3. The summed E-state index contributed by atoms with van der Waals surface area (Å²) < 4.78 is 291. The van der Waals surface area contributed by atoms with Crippen LogP contribution >= 0.6 is 63.7 Å². The number of aromatic nitrogens is 16. The Hall–Kier alpha value is -11.3. The molecule has 0 aliphatic carbocycles. The molecule has 128 heavy (non-hydrogen) atoms. The average Bonchev–Trinajstić information content (AvgIpc) is 0.780. The molecule has 12 aromatic rings. The Morgan fingerprint density at radius 1 is 0.289 bits per heavy atom. The molecule has 0 radical (unpaired) electrons. The molecule has 0 unspecified atom stereocenters. The van der Waals surface area contributed by atoms with Gasteiger partial charge >= 0.3 is 24.0 Å². The molecule has 0 amide bonds.